The van der Waals surface area contributed by atoms with Crippen LogP contribution in [0.2, 0.25) is 0 Å². The molecule has 0 aromatic rings. The third kappa shape index (κ3) is 1.58. The van der Waals surface area contributed by atoms with Crippen LogP contribution >= 0.6 is 11.8 Å². The summed E-state index contributed by atoms with van der Waals surface area (Å²) < 4.78 is 0. The average Bonchev–Trinajstić information content (AvgIpc) is 2.57. The van der Waals surface area contributed by atoms with E-state index in [1.54, 1.807) is 0 Å². The van der Waals surface area contributed by atoms with Crippen molar-refractivity contribution < 1.29 is 0 Å². The first-order valence-corrected chi connectivity index (χ1v) is 5.71. The summed E-state index contributed by atoms with van der Waals surface area (Å²) in [5.74, 6) is 2.85. The van der Waals surface area contributed by atoms with Gasteiger partial charge in [-0.3, -0.25) is 4.99 Å². The summed E-state index contributed by atoms with van der Waals surface area (Å²) in [6.07, 6.45) is 7.13. The molecule has 1 heterocycles. The summed E-state index contributed by atoms with van der Waals surface area (Å²) >= 11 is 1.86. The van der Waals surface area contributed by atoms with Crippen molar-refractivity contribution in [3.63, 3.8) is 0 Å². The van der Waals surface area contributed by atoms with Crippen molar-refractivity contribution in [2.24, 2.45) is 16.8 Å². The summed E-state index contributed by atoms with van der Waals surface area (Å²) in [5.41, 5.74) is 2.02. The maximum atomic E-state index is 4.51. The maximum absolute atomic E-state index is 4.51. The molecule has 0 saturated carbocycles. The summed E-state index contributed by atoms with van der Waals surface area (Å²) in [6, 6.07) is 0.606. The minimum atomic E-state index is 0.606. The van der Waals surface area contributed by atoms with Crippen LogP contribution in [0.15, 0.2) is 17.1 Å². The maximum Gasteiger partial charge on any atom is 0.0633 e. The largest absolute Gasteiger partial charge is 0.282 e. The molecule has 2 aliphatic rings. The quantitative estimate of drug-likeness (QED) is 0.567. The van der Waals surface area contributed by atoms with Gasteiger partial charge in [0.05, 0.1) is 11.6 Å². The molecule has 0 saturated heterocycles. The molecule has 0 radical (unpaired) electrons. The zero-order valence-electron chi connectivity index (χ0n) is 7.44. The van der Waals surface area contributed by atoms with E-state index in [-0.39, 0.29) is 0 Å². The van der Waals surface area contributed by atoms with E-state index in [4.69, 9.17) is 0 Å². The molecule has 0 bridgehead atoms. The van der Waals surface area contributed by atoms with E-state index in [0.717, 1.165) is 11.8 Å². The molecule has 1 aliphatic heterocycles. The van der Waals surface area contributed by atoms with E-state index in [2.05, 4.69) is 24.1 Å². The average molecular weight is 181 g/mol. The number of rotatable bonds is 1. The Labute approximate surface area is 78.3 Å². The Morgan fingerprint density at radius 1 is 1.33 bits per heavy atom. The third-order valence-corrected chi connectivity index (χ3v) is 3.71. The lowest BCUT2D eigenvalue weighted by atomic mass is 9.80. The van der Waals surface area contributed by atoms with Crippen molar-refractivity contribution in [2.75, 3.05) is 5.75 Å². The van der Waals surface area contributed by atoms with Gasteiger partial charge in [0.2, 0.25) is 0 Å². The van der Waals surface area contributed by atoms with Gasteiger partial charge in [-0.05, 0) is 24.7 Å². The highest BCUT2D eigenvalue weighted by Gasteiger charge is 2.28. The van der Waals surface area contributed by atoms with Gasteiger partial charge < -0.3 is 0 Å². The number of thioether (sulfide) groups is 1. The Morgan fingerprint density at radius 2 is 2.17 bits per heavy atom. The molecule has 1 aliphatic carbocycles. The normalized spacial score (nSPS) is 40.6. The highest BCUT2D eigenvalue weighted by Crippen LogP contribution is 2.32. The zero-order valence-corrected chi connectivity index (χ0v) is 8.26. The standard InChI is InChI=1S/C10H15NS/c1-8-4-2-3-5-9(8)10-6-12-7-11-10/h2-3,7-10H,4-6H2,1H3/t8-,9-,10?/m0/s1. The van der Waals surface area contributed by atoms with Gasteiger partial charge in [0, 0.05) is 5.75 Å². The van der Waals surface area contributed by atoms with E-state index in [0.29, 0.717) is 6.04 Å². The predicted octanol–water partition coefficient (Wildman–Crippen LogP) is 2.73. The van der Waals surface area contributed by atoms with E-state index in [1.807, 2.05) is 17.3 Å². The lowest BCUT2D eigenvalue weighted by Crippen LogP contribution is -2.26. The van der Waals surface area contributed by atoms with Crippen molar-refractivity contribution in [3.05, 3.63) is 12.2 Å². The van der Waals surface area contributed by atoms with Crippen LogP contribution in [0, 0.1) is 11.8 Å². The predicted molar refractivity (Wildman–Crippen MR) is 55.8 cm³/mol. The molecule has 1 nitrogen and oxygen atoms in total. The first-order chi connectivity index (χ1) is 5.88. The number of nitrogens with zero attached hydrogens (tertiary/aromatic N) is 1. The molecule has 3 atom stereocenters. The van der Waals surface area contributed by atoms with Crippen LogP contribution in [0.25, 0.3) is 0 Å². The smallest absolute Gasteiger partial charge is 0.0633 e. The van der Waals surface area contributed by atoms with Crippen molar-refractivity contribution in [1.29, 1.82) is 0 Å². The summed E-state index contributed by atoms with van der Waals surface area (Å²) in [7, 11) is 0. The highest BCUT2D eigenvalue weighted by atomic mass is 32.2. The minimum absolute atomic E-state index is 0.606. The lowest BCUT2D eigenvalue weighted by Gasteiger charge is -2.28. The fourth-order valence-electron chi connectivity index (χ4n) is 2.05. The molecule has 1 unspecified atom stereocenters. The number of hydrogen-bond donors (Lipinski definition) is 0. The van der Waals surface area contributed by atoms with E-state index in [1.165, 1.54) is 18.6 Å². The molecule has 66 valence electrons. The number of allylic oxidation sites excluding steroid dienone is 2. The molecule has 0 aromatic heterocycles. The molecular formula is C10H15NS. The van der Waals surface area contributed by atoms with Gasteiger partial charge in [0.15, 0.2) is 0 Å². The molecule has 0 N–H and O–H groups in total. The molecule has 0 spiro atoms. The van der Waals surface area contributed by atoms with Crippen molar-refractivity contribution in [1.82, 2.24) is 0 Å². The number of hydrogen-bond acceptors (Lipinski definition) is 2. The number of aliphatic imine (C=N–C) groups is 1. The second-order valence-electron chi connectivity index (χ2n) is 3.74. The van der Waals surface area contributed by atoms with Crippen LogP contribution in [0.4, 0.5) is 0 Å². The van der Waals surface area contributed by atoms with Crippen molar-refractivity contribution >= 4 is 17.3 Å². The molecular weight excluding hydrogens is 166 g/mol. The topological polar surface area (TPSA) is 12.4 Å². The van der Waals surface area contributed by atoms with E-state index >= 15 is 0 Å². The monoisotopic (exact) mass is 181 g/mol. The third-order valence-electron chi connectivity index (χ3n) is 2.90. The Hall–Kier alpha value is -0.240. The minimum Gasteiger partial charge on any atom is -0.282 e. The molecule has 2 rings (SSSR count). The van der Waals surface area contributed by atoms with Gasteiger partial charge in [-0.2, -0.15) is 0 Å². The van der Waals surface area contributed by atoms with Gasteiger partial charge in [-0.15, -0.1) is 11.8 Å². The van der Waals surface area contributed by atoms with E-state index in [9.17, 15) is 0 Å². The summed E-state index contributed by atoms with van der Waals surface area (Å²) in [4.78, 5) is 4.51. The van der Waals surface area contributed by atoms with Gasteiger partial charge in [0.1, 0.15) is 0 Å². The van der Waals surface area contributed by atoms with Crippen LogP contribution in [0.5, 0.6) is 0 Å². The second kappa shape index (κ2) is 3.65. The van der Waals surface area contributed by atoms with Crippen molar-refractivity contribution in [3.8, 4) is 0 Å². The Balaban J connectivity index is 2.01. The SMILES string of the molecule is C[C@H]1CC=CC[C@@H]1C1CSC=N1. The highest BCUT2D eigenvalue weighted by molar-refractivity contribution is 8.12. The molecule has 0 aromatic carbocycles. The Morgan fingerprint density at radius 3 is 2.83 bits per heavy atom. The first-order valence-electron chi connectivity index (χ1n) is 4.66. The van der Waals surface area contributed by atoms with Gasteiger partial charge in [-0.1, -0.05) is 19.1 Å². The molecule has 2 heteroatoms. The summed E-state index contributed by atoms with van der Waals surface area (Å²) in [5, 5.41) is 0. The second-order valence-corrected chi connectivity index (χ2v) is 4.62. The van der Waals surface area contributed by atoms with Gasteiger partial charge in [-0.25, -0.2) is 0 Å². The fourth-order valence-corrected chi connectivity index (χ4v) is 2.91. The van der Waals surface area contributed by atoms with Crippen LogP contribution in [0.1, 0.15) is 19.8 Å². The Bertz CT molecular complexity index is 210. The molecule has 12 heavy (non-hydrogen) atoms. The fraction of sp³-hybridized carbons (Fsp3) is 0.700. The Kier molecular flexibility index (Phi) is 2.54. The van der Waals surface area contributed by atoms with Crippen LogP contribution in [0.3, 0.4) is 0 Å². The van der Waals surface area contributed by atoms with Gasteiger partial charge in [0.25, 0.3) is 0 Å². The summed E-state index contributed by atoms with van der Waals surface area (Å²) in [6.45, 7) is 2.35. The van der Waals surface area contributed by atoms with Crippen LogP contribution in [-0.2, 0) is 0 Å². The molecule has 0 fully saturated rings. The lowest BCUT2D eigenvalue weighted by molar-refractivity contribution is 0.310. The first kappa shape index (κ1) is 8.36. The van der Waals surface area contributed by atoms with Crippen LogP contribution < -0.4 is 0 Å². The van der Waals surface area contributed by atoms with Crippen LogP contribution in [-0.4, -0.2) is 17.3 Å². The van der Waals surface area contributed by atoms with Crippen molar-refractivity contribution in [2.45, 2.75) is 25.8 Å². The molecule has 0 amide bonds. The zero-order chi connectivity index (χ0) is 8.39. The van der Waals surface area contributed by atoms with E-state index < -0.39 is 0 Å². The van der Waals surface area contributed by atoms with Gasteiger partial charge >= 0.3 is 0 Å².